The van der Waals surface area contributed by atoms with Crippen LogP contribution >= 0.6 is 23.1 Å². The molecule has 1 aromatic rings. The molecule has 0 amide bonds. The van der Waals surface area contributed by atoms with Crippen molar-refractivity contribution in [2.45, 2.75) is 17.2 Å². The summed E-state index contributed by atoms with van der Waals surface area (Å²) >= 11 is 2.48. The number of hydrogen-bond donors (Lipinski definition) is 2. The summed E-state index contributed by atoms with van der Waals surface area (Å²) in [4.78, 5) is 24.7. The van der Waals surface area contributed by atoms with Gasteiger partial charge in [-0.2, -0.15) is 0 Å². The largest absolute Gasteiger partial charge is 0.481 e. The molecular formula is C8H9NO4S2. The van der Waals surface area contributed by atoms with Crippen molar-refractivity contribution in [1.82, 2.24) is 4.98 Å². The Bertz CT molecular complexity index is 331. The van der Waals surface area contributed by atoms with Gasteiger partial charge in [0.05, 0.1) is 17.9 Å². The van der Waals surface area contributed by atoms with Crippen LogP contribution in [-0.4, -0.2) is 32.9 Å². The predicted molar refractivity (Wildman–Crippen MR) is 56.4 cm³/mol. The molecule has 0 bridgehead atoms. The number of carboxylic acids is 2. The van der Waals surface area contributed by atoms with Crippen LogP contribution < -0.4 is 0 Å². The number of carbonyl (C=O) groups is 2. The highest BCUT2D eigenvalue weighted by atomic mass is 32.2. The van der Waals surface area contributed by atoms with Crippen molar-refractivity contribution in [1.29, 1.82) is 0 Å². The number of thioether (sulfide) groups is 1. The molecule has 0 atom stereocenters. The highest BCUT2D eigenvalue weighted by Crippen LogP contribution is 2.22. The zero-order chi connectivity index (χ0) is 11.3. The van der Waals surface area contributed by atoms with E-state index in [9.17, 15) is 9.59 Å². The van der Waals surface area contributed by atoms with E-state index in [1.54, 1.807) is 5.38 Å². The molecule has 0 unspecified atom stereocenters. The molecule has 7 heteroatoms. The van der Waals surface area contributed by atoms with Crippen molar-refractivity contribution in [2.24, 2.45) is 0 Å². The molecule has 1 aromatic heterocycles. The van der Waals surface area contributed by atoms with E-state index >= 15 is 0 Å². The predicted octanol–water partition coefficient (Wildman–Crippen LogP) is 1.34. The Morgan fingerprint density at radius 3 is 2.73 bits per heavy atom. The van der Waals surface area contributed by atoms with Crippen molar-refractivity contribution in [3.63, 3.8) is 0 Å². The Morgan fingerprint density at radius 1 is 1.40 bits per heavy atom. The Labute approximate surface area is 94.2 Å². The Balaban J connectivity index is 2.41. The normalized spacial score (nSPS) is 10.1. The Morgan fingerprint density at radius 2 is 2.13 bits per heavy atom. The third-order valence-corrected chi connectivity index (χ3v) is 3.50. The van der Waals surface area contributed by atoms with E-state index in [4.69, 9.17) is 10.2 Å². The van der Waals surface area contributed by atoms with Crippen LogP contribution in [0.25, 0.3) is 0 Å². The van der Waals surface area contributed by atoms with Gasteiger partial charge in [0.25, 0.3) is 0 Å². The Kier molecular flexibility index (Phi) is 4.57. The molecule has 1 rings (SSSR count). The van der Waals surface area contributed by atoms with Crippen molar-refractivity contribution < 1.29 is 19.8 Å². The molecule has 0 spiro atoms. The number of rotatable bonds is 6. The number of carboxylic acid groups (broad SMARTS) is 2. The summed E-state index contributed by atoms with van der Waals surface area (Å²) in [5, 5.41) is 18.6. The van der Waals surface area contributed by atoms with Gasteiger partial charge >= 0.3 is 11.9 Å². The number of aliphatic carboxylic acids is 2. The van der Waals surface area contributed by atoms with Gasteiger partial charge in [-0.05, 0) is 0 Å². The molecule has 0 aliphatic heterocycles. The fourth-order valence-corrected chi connectivity index (χ4v) is 2.43. The molecule has 15 heavy (non-hydrogen) atoms. The molecule has 1 heterocycles. The van der Waals surface area contributed by atoms with Crippen LogP contribution in [0.2, 0.25) is 0 Å². The molecular weight excluding hydrogens is 238 g/mol. The maximum Gasteiger partial charge on any atom is 0.313 e. The topological polar surface area (TPSA) is 87.5 Å². The van der Waals surface area contributed by atoms with Crippen LogP contribution in [0.15, 0.2) is 9.72 Å². The minimum Gasteiger partial charge on any atom is -0.481 e. The van der Waals surface area contributed by atoms with E-state index < -0.39 is 11.9 Å². The molecule has 0 aliphatic carbocycles. The van der Waals surface area contributed by atoms with Crippen LogP contribution in [0.3, 0.4) is 0 Å². The summed E-state index contributed by atoms with van der Waals surface area (Å²) in [6.07, 6.45) is 0.437. The summed E-state index contributed by atoms with van der Waals surface area (Å²) in [7, 11) is 0. The first-order valence-corrected chi connectivity index (χ1v) is 5.95. The van der Waals surface area contributed by atoms with Crippen LogP contribution in [0.1, 0.15) is 12.1 Å². The monoisotopic (exact) mass is 247 g/mol. The van der Waals surface area contributed by atoms with Gasteiger partial charge in [0.15, 0.2) is 4.34 Å². The summed E-state index contributed by atoms with van der Waals surface area (Å²) in [5.74, 6) is -1.77. The first kappa shape index (κ1) is 12.0. The third kappa shape index (κ3) is 4.80. The maximum atomic E-state index is 10.3. The van der Waals surface area contributed by atoms with Crippen LogP contribution in [0, 0.1) is 0 Å². The van der Waals surface area contributed by atoms with Gasteiger partial charge in [-0.15, -0.1) is 11.3 Å². The van der Waals surface area contributed by atoms with Crippen molar-refractivity contribution in [2.75, 3.05) is 5.75 Å². The van der Waals surface area contributed by atoms with Gasteiger partial charge in [0, 0.05) is 11.8 Å². The number of thiazole rings is 1. The second-order valence-corrected chi connectivity index (χ2v) is 4.76. The second kappa shape index (κ2) is 5.72. The second-order valence-electron chi connectivity index (χ2n) is 2.68. The standard InChI is InChI=1S/C8H9NO4S2/c10-6(11)2-1-5-3-14-8(9-5)15-4-7(12)13/h3H,1-2,4H2,(H,10,11)(H,12,13). The van der Waals surface area contributed by atoms with E-state index in [0.717, 1.165) is 11.8 Å². The fourth-order valence-electron chi connectivity index (χ4n) is 0.828. The Hall–Kier alpha value is -1.08. The van der Waals surface area contributed by atoms with E-state index in [0.29, 0.717) is 16.5 Å². The zero-order valence-corrected chi connectivity index (χ0v) is 9.31. The lowest BCUT2D eigenvalue weighted by Gasteiger charge is -1.92. The molecule has 0 fully saturated rings. The molecule has 5 nitrogen and oxygen atoms in total. The van der Waals surface area contributed by atoms with E-state index in [-0.39, 0.29) is 12.2 Å². The average molecular weight is 247 g/mol. The lowest BCUT2D eigenvalue weighted by atomic mass is 10.3. The number of aryl methyl sites for hydroxylation is 1. The lowest BCUT2D eigenvalue weighted by molar-refractivity contribution is -0.137. The average Bonchev–Trinajstić information content (AvgIpc) is 2.59. The smallest absolute Gasteiger partial charge is 0.313 e. The highest BCUT2D eigenvalue weighted by Gasteiger charge is 2.06. The quantitative estimate of drug-likeness (QED) is 0.737. The van der Waals surface area contributed by atoms with Gasteiger partial charge in [-0.1, -0.05) is 11.8 Å². The van der Waals surface area contributed by atoms with Crippen LogP contribution in [0.5, 0.6) is 0 Å². The summed E-state index contributed by atoms with van der Waals surface area (Å²) in [6.45, 7) is 0. The molecule has 0 aliphatic rings. The van der Waals surface area contributed by atoms with Crippen LogP contribution in [0.4, 0.5) is 0 Å². The SMILES string of the molecule is O=C(O)CCc1csc(SCC(=O)O)n1. The first-order chi connectivity index (χ1) is 7.08. The number of nitrogens with zero attached hydrogens (tertiary/aromatic N) is 1. The maximum absolute atomic E-state index is 10.3. The molecule has 82 valence electrons. The van der Waals surface area contributed by atoms with Gasteiger partial charge in [0.2, 0.25) is 0 Å². The van der Waals surface area contributed by atoms with E-state index in [2.05, 4.69) is 4.98 Å². The molecule has 0 saturated carbocycles. The minimum atomic E-state index is -0.887. The van der Waals surface area contributed by atoms with Gasteiger partial charge < -0.3 is 10.2 Å². The molecule has 0 saturated heterocycles. The van der Waals surface area contributed by atoms with Crippen LogP contribution in [-0.2, 0) is 16.0 Å². The third-order valence-electron chi connectivity index (χ3n) is 1.44. The van der Waals surface area contributed by atoms with Crippen molar-refractivity contribution in [3.8, 4) is 0 Å². The van der Waals surface area contributed by atoms with Gasteiger partial charge in [-0.3, -0.25) is 9.59 Å². The summed E-state index contributed by atoms with van der Waals surface area (Å²) in [6, 6.07) is 0. The lowest BCUT2D eigenvalue weighted by Crippen LogP contribution is -1.98. The zero-order valence-electron chi connectivity index (χ0n) is 7.67. The molecule has 0 radical (unpaired) electrons. The van der Waals surface area contributed by atoms with E-state index in [1.807, 2.05) is 0 Å². The highest BCUT2D eigenvalue weighted by molar-refractivity contribution is 8.01. The number of aromatic nitrogens is 1. The van der Waals surface area contributed by atoms with Gasteiger partial charge in [0.1, 0.15) is 0 Å². The first-order valence-electron chi connectivity index (χ1n) is 4.08. The summed E-state index contributed by atoms with van der Waals surface area (Å²) in [5.41, 5.74) is 0.704. The summed E-state index contributed by atoms with van der Waals surface area (Å²) < 4.78 is 0.665. The number of hydrogen-bond acceptors (Lipinski definition) is 5. The molecule has 0 aromatic carbocycles. The van der Waals surface area contributed by atoms with Gasteiger partial charge in [-0.25, -0.2) is 4.98 Å². The van der Waals surface area contributed by atoms with E-state index in [1.165, 1.54) is 11.3 Å². The fraction of sp³-hybridized carbons (Fsp3) is 0.375. The molecule has 2 N–H and O–H groups in total. The van der Waals surface area contributed by atoms with Crippen molar-refractivity contribution >= 4 is 35.0 Å². The van der Waals surface area contributed by atoms with Crippen molar-refractivity contribution in [3.05, 3.63) is 11.1 Å². The minimum absolute atomic E-state index is 0.0219.